The highest BCUT2D eigenvalue weighted by molar-refractivity contribution is 9.10. The molecule has 0 fully saturated rings. The highest BCUT2D eigenvalue weighted by atomic mass is 79.9. The minimum atomic E-state index is -0.126. The van der Waals surface area contributed by atoms with E-state index in [0.717, 1.165) is 17.7 Å². The molecule has 2 N–H and O–H groups in total. The Kier molecular flexibility index (Phi) is 2.74. The summed E-state index contributed by atoms with van der Waals surface area (Å²) in [5.74, 6) is 0.776. The molecule has 4 heteroatoms. The molecule has 0 saturated heterocycles. The van der Waals surface area contributed by atoms with Crippen molar-refractivity contribution in [3.05, 3.63) is 46.7 Å². The van der Waals surface area contributed by atoms with Gasteiger partial charge in [0.05, 0.1) is 18.6 Å². The van der Waals surface area contributed by atoms with E-state index in [-0.39, 0.29) is 6.04 Å². The van der Waals surface area contributed by atoms with Gasteiger partial charge in [0, 0.05) is 0 Å². The van der Waals surface area contributed by atoms with Gasteiger partial charge in [-0.3, -0.25) is 0 Å². The molecule has 0 amide bonds. The third-order valence-electron chi connectivity index (χ3n) is 2.00. The lowest BCUT2D eigenvalue weighted by molar-refractivity contribution is 0.447. The fraction of sp³-hybridized carbons (Fsp3) is 0.200. The van der Waals surface area contributed by atoms with Crippen LogP contribution in [0, 0.1) is 0 Å². The summed E-state index contributed by atoms with van der Waals surface area (Å²) in [7, 11) is 0. The predicted molar refractivity (Wildman–Crippen MR) is 55.7 cm³/mol. The number of hydrogen-bond donors (Lipinski definition) is 1. The minimum absolute atomic E-state index is 0.126. The van der Waals surface area contributed by atoms with Crippen molar-refractivity contribution < 1.29 is 8.83 Å². The van der Waals surface area contributed by atoms with E-state index in [1.807, 2.05) is 18.2 Å². The Balaban J connectivity index is 2.06. The maximum atomic E-state index is 5.94. The maximum Gasteiger partial charge on any atom is 0.169 e. The predicted octanol–water partition coefficient (Wildman–Crippen LogP) is 2.88. The van der Waals surface area contributed by atoms with Gasteiger partial charge < -0.3 is 14.6 Å². The van der Waals surface area contributed by atoms with Gasteiger partial charge in [0.15, 0.2) is 4.67 Å². The van der Waals surface area contributed by atoms with Crippen LogP contribution in [0.4, 0.5) is 0 Å². The standard InChI is InChI=1S/C10H10BrNO2/c11-10-2-1-9(14-10)8(12)5-7-3-4-13-6-7/h1-4,6,8H,5,12H2. The molecule has 1 atom stereocenters. The van der Waals surface area contributed by atoms with Gasteiger partial charge in [-0.05, 0) is 46.1 Å². The fourth-order valence-corrected chi connectivity index (χ4v) is 1.61. The Labute approximate surface area is 90.0 Å². The smallest absolute Gasteiger partial charge is 0.169 e. The molecule has 2 heterocycles. The van der Waals surface area contributed by atoms with Crippen LogP contribution >= 0.6 is 15.9 Å². The molecule has 2 rings (SSSR count). The van der Waals surface area contributed by atoms with E-state index in [9.17, 15) is 0 Å². The number of rotatable bonds is 3. The first-order chi connectivity index (χ1) is 6.75. The molecule has 0 saturated carbocycles. The Morgan fingerprint density at radius 2 is 2.21 bits per heavy atom. The number of hydrogen-bond acceptors (Lipinski definition) is 3. The van der Waals surface area contributed by atoms with E-state index in [2.05, 4.69) is 15.9 Å². The zero-order valence-electron chi connectivity index (χ0n) is 7.44. The lowest BCUT2D eigenvalue weighted by Crippen LogP contribution is -2.11. The maximum absolute atomic E-state index is 5.94. The molecule has 0 aliphatic carbocycles. The van der Waals surface area contributed by atoms with Crippen LogP contribution in [0.25, 0.3) is 0 Å². The average molecular weight is 256 g/mol. The van der Waals surface area contributed by atoms with E-state index in [1.54, 1.807) is 12.5 Å². The minimum Gasteiger partial charge on any atom is -0.472 e. The number of nitrogens with two attached hydrogens (primary N) is 1. The number of halogens is 1. The molecular formula is C10H10BrNO2. The van der Waals surface area contributed by atoms with Crippen LogP contribution in [-0.2, 0) is 6.42 Å². The molecule has 2 aromatic rings. The molecule has 0 radical (unpaired) electrons. The van der Waals surface area contributed by atoms with Crippen molar-refractivity contribution in [1.29, 1.82) is 0 Å². The largest absolute Gasteiger partial charge is 0.472 e. The number of furan rings is 2. The first kappa shape index (κ1) is 9.55. The van der Waals surface area contributed by atoms with Crippen molar-refractivity contribution in [2.45, 2.75) is 12.5 Å². The second-order valence-electron chi connectivity index (χ2n) is 3.08. The van der Waals surface area contributed by atoms with Gasteiger partial charge in [-0.1, -0.05) is 0 Å². The Morgan fingerprint density at radius 1 is 1.36 bits per heavy atom. The Bertz CT molecular complexity index is 394. The van der Waals surface area contributed by atoms with Crippen LogP contribution in [-0.4, -0.2) is 0 Å². The second-order valence-corrected chi connectivity index (χ2v) is 3.87. The molecule has 0 spiro atoms. The van der Waals surface area contributed by atoms with E-state index >= 15 is 0 Å². The van der Waals surface area contributed by atoms with Gasteiger partial charge in [0.25, 0.3) is 0 Å². The highest BCUT2D eigenvalue weighted by Gasteiger charge is 2.11. The molecule has 0 bridgehead atoms. The zero-order chi connectivity index (χ0) is 9.97. The van der Waals surface area contributed by atoms with Crippen molar-refractivity contribution in [3.8, 4) is 0 Å². The van der Waals surface area contributed by atoms with Gasteiger partial charge in [0.2, 0.25) is 0 Å². The molecule has 3 nitrogen and oxygen atoms in total. The van der Waals surface area contributed by atoms with Crippen LogP contribution in [0.2, 0.25) is 0 Å². The molecule has 0 aromatic carbocycles. The van der Waals surface area contributed by atoms with E-state index in [4.69, 9.17) is 14.6 Å². The monoisotopic (exact) mass is 255 g/mol. The van der Waals surface area contributed by atoms with Crippen LogP contribution in [0.15, 0.2) is 44.2 Å². The first-order valence-electron chi connectivity index (χ1n) is 4.27. The quantitative estimate of drug-likeness (QED) is 0.918. The fourth-order valence-electron chi connectivity index (χ4n) is 1.29. The van der Waals surface area contributed by atoms with Crippen molar-refractivity contribution in [1.82, 2.24) is 0 Å². The van der Waals surface area contributed by atoms with Crippen molar-refractivity contribution in [3.63, 3.8) is 0 Å². The summed E-state index contributed by atoms with van der Waals surface area (Å²) >= 11 is 3.24. The van der Waals surface area contributed by atoms with E-state index in [0.29, 0.717) is 4.67 Å². The molecule has 14 heavy (non-hydrogen) atoms. The summed E-state index contributed by atoms with van der Waals surface area (Å²) < 4.78 is 11.0. The first-order valence-corrected chi connectivity index (χ1v) is 5.07. The topological polar surface area (TPSA) is 52.3 Å². The molecule has 2 aromatic heterocycles. The summed E-state index contributed by atoms with van der Waals surface area (Å²) in [6.45, 7) is 0. The average Bonchev–Trinajstić information content (AvgIpc) is 2.75. The third-order valence-corrected chi connectivity index (χ3v) is 2.42. The van der Waals surface area contributed by atoms with Gasteiger partial charge in [-0.2, -0.15) is 0 Å². The Hall–Kier alpha value is -1.000. The van der Waals surface area contributed by atoms with Gasteiger partial charge >= 0.3 is 0 Å². The van der Waals surface area contributed by atoms with Crippen molar-refractivity contribution in [2.75, 3.05) is 0 Å². The SMILES string of the molecule is NC(Cc1ccoc1)c1ccc(Br)o1. The van der Waals surface area contributed by atoms with Gasteiger partial charge in [-0.25, -0.2) is 0 Å². The van der Waals surface area contributed by atoms with Gasteiger partial charge in [0.1, 0.15) is 5.76 Å². The van der Waals surface area contributed by atoms with E-state index in [1.165, 1.54) is 0 Å². The normalized spacial score (nSPS) is 13.0. The molecular weight excluding hydrogens is 246 g/mol. The lowest BCUT2D eigenvalue weighted by Gasteiger charge is -2.05. The van der Waals surface area contributed by atoms with Crippen LogP contribution in [0.3, 0.4) is 0 Å². The summed E-state index contributed by atoms with van der Waals surface area (Å²) in [6, 6.07) is 5.48. The molecule has 0 aliphatic heterocycles. The van der Waals surface area contributed by atoms with E-state index < -0.39 is 0 Å². The van der Waals surface area contributed by atoms with Crippen LogP contribution in [0.1, 0.15) is 17.4 Å². The lowest BCUT2D eigenvalue weighted by atomic mass is 10.1. The van der Waals surface area contributed by atoms with Crippen molar-refractivity contribution >= 4 is 15.9 Å². The summed E-state index contributed by atoms with van der Waals surface area (Å²) in [4.78, 5) is 0. The second kappa shape index (κ2) is 4.02. The zero-order valence-corrected chi connectivity index (χ0v) is 9.03. The van der Waals surface area contributed by atoms with Crippen molar-refractivity contribution in [2.24, 2.45) is 5.73 Å². The summed E-state index contributed by atoms with van der Waals surface area (Å²) in [5.41, 5.74) is 7.02. The van der Waals surface area contributed by atoms with Gasteiger partial charge in [-0.15, -0.1) is 0 Å². The third kappa shape index (κ3) is 2.08. The molecule has 74 valence electrons. The van der Waals surface area contributed by atoms with Crippen LogP contribution in [0.5, 0.6) is 0 Å². The molecule has 1 unspecified atom stereocenters. The Morgan fingerprint density at radius 3 is 2.79 bits per heavy atom. The summed E-state index contributed by atoms with van der Waals surface area (Å²) in [6.07, 6.45) is 4.05. The molecule has 0 aliphatic rings. The van der Waals surface area contributed by atoms with Crippen LogP contribution < -0.4 is 5.73 Å². The summed E-state index contributed by atoms with van der Waals surface area (Å²) in [5, 5.41) is 0. The highest BCUT2D eigenvalue weighted by Crippen LogP contribution is 2.21.